The molecule has 1 aromatic heterocycles. The van der Waals surface area contributed by atoms with E-state index in [4.69, 9.17) is 4.42 Å². The first-order chi connectivity index (χ1) is 9.60. The Balaban J connectivity index is 2.03. The molecule has 0 saturated heterocycles. The van der Waals surface area contributed by atoms with Crippen LogP contribution in [0.4, 0.5) is 0 Å². The molecule has 5 heteroatoms. The predicted octanol–water partition coefficient (Wildman–Crippen LogP) is 3.03. The third-order valence-electron chi connectivity index (χ3n) is 2.96. The molecule has 1 unspecified atom stereocenters. The zero-order valence-electron chi connectivity index (χ0n) is 11.5. The third-order valence-corrected chi connectivity index (χ3v) is 3.74. The van der Waals surface area contributed by atoms with Crippen LogP contribution in [0.3, 0.4) is 0 Å². The van der Waals surface area contributed by atoms with Crippen LogP contribution < -0.4 is 5.32 Å². The minimum atomic E-state index is -0.219. The molecule has 1 amide bonds. The van der Waals surface area contributed by atoms with Crippen LogP contribution in [0.15, 0.2) is 34.7 Å². The molecule has 4 nitrogen and oxygen atoms in total. The molecule has 0 aliphatic rings. The molecule has 0 spiro atoms. The molecule has 1 atom stereocenters. The number of hydrogen-bond acceptors (Lipinski definition) is 3. The molecule has 0 radical (unpaired) electrons. The number of alkyl halides is 1. The summed E-state index contributed by atoms with van der Waals surface area (Å²) in [5.41, 5.74) is 1.80. The lowest BCUT2D eigenvalue weighted by Crippen LogP contribution is -2.37. The summed E-state index contributed by atoms with van der Waals surface area (Å²) in [6.07, 6.45) is 0.768. The largest absolute Gasteiger partial charge is 0.436 e. The number of aromatic nitrogens is 1. The van der Waals surface area contributed by atoms with Crippen molar-refractivity contribution in [3.63, 3.8) is 0 Å². The number of rotatable bonds is 5. The zero-order chi connectivity index (χ0) is 14.5. The van der Waals surface area contributed by atoms with E-state index in [9.17, 15) is 4.79 Å². The number of nitrogens with zero attached hydrogens (tertiary/aromatic N) is 1. The van der Waals surface area contributed by atoms with Crippen molar-refractivity contribution in [1.82, 2.24) is 10.3 Å². The van der Waals surface area contributed by atoms with Crippen LogP contribution in [-0.2, 0) is 6.42 Å². The van der Waals surface area contributed by atoms with Gasteiger partial charge >= 0.3 is 0 Å². The van der Waals surface area contributed by atoms with Gasteiger partial charge in [0.25, 0.3) is 5.91 Å². The highest BCUT2D eigenvalue weighted by atomic mass is 79.9. The van der Waals surface area contributed by atoms with E-state index in [2.05, 4.69) is 26.2 Å². The number of hydrogen-bond donors (Lipinski definition) is 1. The van der Waals surface area contributed by atoms with Gasteiger partial charge in [-0.25, -0.2) is 4.98 Å². The van der Waals surface area contributed by atoms with Gasteiger partial charge in [-0.05, 0) is 18.9 Å². The van der Waals surface area contributed by atoms with Crippen LogP contribution in [0.25, 0.3) is 0 Å². The highest BCUT2D eigenvalue weighted by Gasteiger charge is 2.19. The van der Waals surface area contributed by atoms with E-state index in [1.165, 1.54) is 5.56 Å². The molecule has 20 heavy (non-hydrogen) atoms. The number of aryl methyl sites for hydroxylation is 2. The van der Waals surface area contributed by atoms with E-state index in [-0.39, 0.29) is 11.9 Å². The Morgan fingerprint density at radius 2 is 2.05 bits per heavy atom. The number of oxazole rings is 1. The molecule has 1 aromatic carbocycles. The van der Waals surface area contributed by atoms with Crippen molar-refractivity contribution in [2.75, 3.05) is 5.33 Å². The Labute approximate surface area is 126 Å². The van der Waals surface area contributed by atoms with Crippen molar-refractivity contribution >= 4 is 21.8 Å². The first kappa shape index (κ1) is 14.8. The van der Waals surface area contributed by atoms with E-state index >= 15 is 0 Å². The molecule has 0 saturated carbocycles. The molecule has 0 bridgehead atoms. The van der Waals surface area contributed by atoms with Crippen molar-refractivity contribution in [2.24, 2.45) is 0 Å². The fraction of sp³-hybridized carbons (Fsp3) is 0.333. The summed E-state index contributed by atoms with van der Waals surface area (Å²) >= 11 is 3.44. The van der Waals surface area contributed by atoms with Crippen molar-refractivity contribution in [3.8, 4) is 0 Å². The summed E-state index contributed by atoms with van der Waals surface area (Å²) in [6.45, 7) is 3.50. The van der Waals surface area contributed by atoms with Gasteiger partial charge < -0.3 is 9.73 Å². The topological polar surface area (TPSA) is 55.1 Å². The number of nitrogens with one attached hydrogen (secondary N) is 1. The van der Waals surface area contributed by atoms with Crippen molar-refractivity contribution in [1.29, 1.82) is 0 Å². The van der Waals surface area contributed by atoms with Crippen molar-refractivity contribution in [3.05, 3.63) is 53.2 Å². The first-order valence-corrected chi connectivity index (χ1v) is 7.57. The Hall–Kier alpha value is -1.62. The van der Waals surface area contributed by atoms with Gasteiger partial charge in [-0.2, -0.15) is 0 Å². The summed E-state index contributed by atoms with van der Waals surface area (Å²) in [5, 5.41) is 3.65. The van der Waals surface area contributed by atoms with E-state index < -0.39 is 0 Å². The van der Waals surface area contributed by atoms with Crippen LogP contribution in [0.2, 0.25) is 0 Å². The molecule has 0 fully saturated rings. The van der Waals surface area contributed by atoms with Gasteiger partial charge in [0.05, 0.1) is 5.69 Å². The minimum Gasteiger partial charge on any atom is -0.436 e. The maximum absolute atomic E-state index is 12.2. The zero-order valence-corrected chi connectivity index (χ0v) is 13.1. The standard InChI is InChI=1S/C15H17BrN2O2/c1-10-14(20-11(2)17-10)15(19)18-13(9-16)8-12-6-4-3-5-7-12/h3-7,13H,8-9H2,1-2H3,(H,18,19). The van der Waals surface area contributed by atoms with Gasteiger partial charge in [0.2, 0.25) is 5.76 Å². The summed E-state index contributed by atoms with van der Waals surface area (Å²) in [4.78, 5) is 16.3. The smallest absolute Gasteiger partial charge is 0.289 e. The quantitative estimate of drug-likeness (QED) is 0.854. The molecule has 0 aliphatic carbocycles. The van der Waals surface area contributed by atoms with Gasteiger partial charge in [0.1, 0.15) is 0 Å². The Kier molecular flexibility index (Phi) is 4.95. The number of carbonyl (C=O) groups is 1. The summed E-state index contributed by atoms with van der Waals surface area (Å²) in [5.74, 6) is 0.580. The van der Waals surface area contributed by atoms with Crippen LogP contribution in [0.5, 0.6) is 0 Å². The monoisotopic (exact) mass is 336 g/mol. The molecule has 1 N–H and O–H groups in total. The molecule has 106 valence electrons. The summed E-state index contributed by atoms with van der Waals surface area (Å²) in [7, 11) is 0. The summed E-state index contributed by atoms with van der Waals surface area (Å²) in [6, 6.07) is 10.1. The van der Waals surface area contributed by atoms with E-state index in [0.29, 0.717) is 22.7 Å². The average Bonchev–Trinajstić information content (AvgIpc) is 2.78. The van der Waals surface area contributed by atoms with Crippen LogP contribution in [-0.4, -0.2) is 22.3 Å². The molecular formula is C15H17BrN2O2. The maximum atomic E-state index is 12.2. The van der Waals surface area contributed by atoms with Gasteiger partial charge in [-0.1, -0.05) is 46.3 Å². The van der Waals surface area contributed by atoms with Crippen LogP contribution in [0, 0.1) is 13.8 Å². The van der Waals surface area contributed by atoms with Gasteiger partial charge in [-0.3, -0.25) is 4.79 Å². The molecule has 2 aromatic rings. The highest BCUT2D eigenvalue weighted by Crippen LogP contribution is 2.11. The van der Waals surface area contributed by atoms with E-state index in [1.807, 2.05) is 30.3 Å². The lowest BCUT2D eigenvalue weighted by atomic mass is 10.1. The van der Waals surface area contributed by atoms with Gasteiger partial charge in [0.15, 0.2) is 5.89 Å². The lowest BCUT2D eigenvalue weighted by molar-refractivity contribution is 0.0911. The maximum Gasteiger partial charge on any atom is 0.289 e. The molecule has 1 heterocycles. The van der Waals surface area contributed by atoms with Crippen LogP contribution in [0.1, 0.15) is 27.7 Å². The normalized spacial score (nSPS) is 12.2. The van der Waals surface area contributed by atoms with Crippen LogP contribution >= 0.6 is 15.9 Å². The van der Waals surface area contributed by atoms with Crippen molar-refractivity contribution in [2.45, 2.75) is 26.3 Å². The average molecular weight is 337 g/mol. The summed E-state index contributed by atoms with van der Waals surface area (Å²) < 4.78 is 5.33. The lowest BCUT2D eigenvalue weighted by Gasteiger charge is -2.15. The number of benzene rings is 1. The second-order valence-electron chi connectivity index (χ2n) is 4.66. The SMILES string of the molecule is Cc1nc(C)c(C(=O)NC(CBr)Cc2ccccc2)o1. The van der Waals surface area contributed by atoms with E-state index in [0.717, 1.165) is 6.42 Å². The van der Waals surface area contributed by atoms with E-state index in [1.54, 1.807) is 13.8 Å². The van der Waals surface area contributed by atoms with Gasteiger partial charge in [0, 0.05) is 18.3 Å². The van der Waals surface area contributed by atoms with Gasteiger partial charge in [-0.15, -0.1) is 0 Å². The Bertz CT molecular complexity index is 581. The number of amides is 1. The number of carbonyl (C=O) groups excluding carboxylic acids is 1. The molecular weight excluding hydrogens is 320 g/mol. The first-order valence-electron chi connectivity index (χ1n) is 6.45. The van der Waals surface area contributed by atoms with Crippen molar-refractivity contribution < 1.29 is 9.21 Å². The predicted molar refractivity (Wildman–Crippen MR) is 81.2 cm³/mol. The number of halogens is 1. The Morgan fingerprint density at radius 3 is 2.60 bits per heavy atom. The molecule has 0 aliphatic heterocycles. The fourth-order valence-corrected chi connectivity index (χ4v) is 2.43. The second-order valence-corrected chi connectivity index (χ2v) is 5.31. The highest BCUT2D eigenvalue weighted by molar-refractivity contribution is 9.09. The second kappa shape index (κ2) is 6.70. The minimum absolute atomic E-state index is 0.00899. The Morgan fingerprint density at radius 1 is 1.35 bits per heavy atom. The third kappa shape index (κ3) is 3.70. The molecule has 2 rings (SSSR count). The fourth-order valence-electron chi connectivity index (χ4n) is 2.04.